The van der Waals surface area contributed by atoms with Gasteiger partial charge in [-0.25, -0.2) is 4.90 Å². The molecule has 0 aliphatic carbocycles. The zero-order valence-electron chi connectivity index (χ0n) is 15.0. The van der Waals surface area contributed by atoms with Crippen LogP contribution in [0.3, 0.4) is 0 Å². The highest BCUT2D eigenvalue weighted by Crippen LogP contribution is 2.36. The third-order valence-corrected chi connectivity index (χ3v) is 5.08. The number of nitrogens with zero attached hydrogens (tertiary/aromatic N) is 2. The van der Waals surface area contributed by atoms with E-state index in [4.69, 9.17) is 5.73 Å². The zero-order chi connectivity index (χ0) is 18.8. The van der Waals surface area contributed by atoms with Crippen LogP contribution in [0.2, 0.25) is 0 Å². The van der Waals surface area contributed by atoms with Crippen molar-refractivity contribution in [1.82, 2.24) is 4.90 Å². The lowest BCUT2D eigenvalue weighted by molar-refractivity contribution is -0.124. The molecule has 2 amide bonds. The highest BCUT2D eigenvalue weighted by molar-refractivity contribution is 8.18. The Balaban J connectivity index is 1.84. The summed E-state index contributed by atoms with van der Waals surface area (Å²) in [7, 11) is 3.93. The second-order valence-corrected chi connectivity index (χ2v) is 7.39. The molecule has 1 saturated heterocycles. The summed E-state index contributed by atoms with van der Waals surface area (Å²) in [6.45, 7) is 1.95. The first-order chi connectivity index (χ1) is 12.4. The summed E-state index contributed by atoms with van der Waals surface area (Å²) in [5.74, 6) is -0.356. The Bertz CT molecular complexity index is 875. The first kappa shape index (κ1) is 18.2. The molecule has 5 nitrogen and oxygen atoms in total. The third kappa shape index (κ3) is 3.66. The summed E-state index contributed by atoms with van der Waals surface area (Å²) in [4.78, 5) is 28.6. The molecule has 2 aromatic rings. The molecule has 0 spiro atoms. The zero-order valence-corrected chi connectivity index (χ0v) is 15.8. The Morgan fingerprint density at radius 2 is 1.81 bits per heavy atom. The normalized spacial score (nSPS) is 17.1. The number of benzene rings is 2. The summed E-state index contributed by atoms with van der Waals surface area (Å²) in [6.07, 6.45) is 0.942. The van der Waals surface area contributed by atoms with Gasteiger partial charge >= 0.3 is 0 Å². The molecule has 134 valence electrons. The number of nitrogens with two attached hydrogens (primary N) is 1. The van der Waals surface area contributed by atoms with Gasteiger partial charge in [-0.3, -0.25) is 9.59 Å². The summed E-state index contributed by atoms with van der Waals surface area (Å²) in [5, 5.41) is -0.347. The highest BCUT2D eigenvalue weighted by atomic mass is 32.2. The van der Waals surface area contributed by atoms with Crippen molar-refractivity contribution in [3.63, 3.8) is 0 Å². The van der Waals surface area contributed by atoms with Gasteiger partial charge in [0.25, 0.3) is 11.1 Å². The minimum Gasteiger partial charge on any atom is -0.378 e. The van der Waals surface area contributed by atoms with Crippen LogP contribution in [-0.2, 0) is 4.79 Å². The molecule has 26 heavy (non-hydrogen) atoms. The number of imide groups is 1. The molecule has 0 aromatic heterocycles. The van der Waals surface area contributed by atoms with Crippen molar-refractivity contribution in [2.45, 2.75) is 13.1 Å². The van der Waals surface area contributed by atoms with Crippen LogP contribution in [0.25, 0.3) is 6.08 Å². The monoisotopic (exact) mass is 367 g/mol. The van der Waals surface area contributed by atoms with Gasteiger partial charge in [-0.1, -0.05) is 42.0 Å². The molecular formula is C20H21N3O2S. The number of anilines is 1. The van der Waals surface area contributed by atoms with Gasteiger partial charge in [-0.2, -0.15) is 0 Å². The van der Waals surface area contributed by atoms with E-state index in [9.17, 15) is 9.59 Å². The summed E-state index contributed by atoms with van der Waals surface area (Å²) in [5.41, 5.74) is 9.90. The lowest BCUT2D eigenvalue weighted by atomic mass is 10.1. The van der Waals surface area contributed by atoms with E-state index in [0.29, 0.717) is 4.91 Å². The van der Waals surface area contributed by atoms with Crippen molar-refractivity contribution in [2.75, 3.05) is 19.0 Å². The fourth-order valence-corrected chi connectivity index (χ4v) is 3.61. The topological polar surface area (TPSA) is 66.6 Å². The van der Waals surface area contributed by atoms with Crippen LogP contribution in [0.1, 0.15) is 22.9 Å². The molecular weight excluding hydrogens is 346 g/mol. The first-order valence-electron chi connectivity index (χ1n) is 8.23. The van der Waals surface area contributed by atoms with E-state index in [-0.39, 0.29) is 11.1 Å². The molecule has 1 fully saturated rings. The number of aryl methyl sites for hydroxylation is 1. The van der Waals surface area contributed by atoms with Gasteiger partial charge in [0.15, 0.2) is 0 Å². The minimum atomic E-state index is -0.788. The van der Waals surface area contributed by atoms with E-state index in [0.717, 1.165) is 39.0 Å². The van der Waals surface area contributed by atoms with E-state index in [1.807, 2.05) is 74.4 Å². The SMILES string of the molecule is Cc1cccc(C(N)N2C(=O)S/C(=C\c3ccc(N(C)C)cc3)C2=O)c1. The molecule has 0 radical (unpaired) electrons. The van der Waals surface area contributed by atoms with Gasteiger partial charge < -0.3 is 10.6 Å². The molecule has 1 aliphatic heterocycles. The number of thioether (sulfide) groups is 1. The van der Waals surface area contributed by atoms with Gasteiger partial charge in [0, 0.05) is 19.8 Å². The molecule has 1 atom stereocenters. The fourth-order valence-electron chi connectivity index (χ4n) is 2.74. The Kier molecular flexibility index (Phi) is 5.15. The van der Waals surface area contributed by atoms with Gasteiger partial charge in [0.1, 0.15) is 6.17 Å². The van der Waals surface area contributed by atoms with Crippen molar-refractivity contribution in [3.8, 4) is 0 Å². The van der Waals surface area contributed by atoms with Crippen LogP contribution in [-0.4, -0.2) is 30.1 Å². The Morgan fingerprint density at radius 1 is 1.12 bits per heavy atom. The quantitative estimate of drug-likeness (QED) is 0.834. The van der Waals surface area contributed by atoms with Gasteiger partial charge in [0.05, 0.1) is 4.91 Å². The largest absolute Gasteiger partial charge is 0.378 e. The number of rotatable bonds is 4. The number of hydrogen-bond donors (Lipinski definition) is 1. The maximum atomic E-state index is 12.7. The molecule has 1 aliphatic rings. The summed E-state index contributed by atoms with van der Waals surface area (Å²) in [6, 6.07) is 15.3. The average Bonchev–Trinajstić information content (AvgIpc) is 2.88. The Morgan fingerprint density at radius 3 is 2.42 bits per heavy atom. The highest BCUT2D eigenvalue weighted by Gasteiger charge is 2.39. The number of amides is 2. The van der Waals surface area contributed by atoms with Crippen molar-refractivity contribution >= 4 is 34.7 Å². The van der Waals surface area contributed by atoms with Crippen LogP contribution in [0.15, 0.2) is 53.4 Å². The van der Waals surface area contributed by atoms with Crippen LogP contribution in [0.4, 0.5) is 10.5 Å². The van der Waals surface area contributed by atoms with Crippen LogP contribution in [0.5, 0.6) is 0 Å². The van der Waals surface area contributed by atoms with E-state index >= 15 is 0 Å². The molecule has 1 unspecified atom stereocenters. The number of hydrogen-bond acceptors (Lipinski definition) is 5. The second kappa shape index (κ2) is 7.35. The van der Waals surface area contributed by atoms with Gasteiger partial charge in [-0.15, -0.1) is 0 Å². The standard InChI is InChI=1S/C20H21N3O2S/c1-13-5-4-6-15(11-13)18(21)23-19(24)17(26-20(23)25)12-14-7-9-16(10-8-14)22(2)3/h4-12,18H,21H2,1-3H3/b17-12-. The van der Waals surface area contributed by atoms with Gasteiger partial charge in [-0.05, 0) is 48.0 Å². The molecule has 6 heteroatoms. The minimum absolute atomic E-state index is 0.347. The van der Waals surface area contributed by atoms with Crippen LogP contribution in [0, 0.1) is 6.92 Å². The number of carbonyl (C=O) groups excluding carboxylic acids is 2. The van der Waals surface area contributed by atoms with Crippen molar-refractivity contribution < 1.29 is 9.59 Å². The Hall–Kier alpha value is -2.57. The molecule has 0 saturated carbocycles. The molecule has 1 heterocycles. The van der Waals surface area contributed by atoms with Crippen LogP contribution < -0.4 is 10.6 Å². The predicted octanol–water partition coefficient (Wildman–Crippen LogP) is 3.75. The maximum Gasteiger partial charge on any atom is 0.295 e. The second-order valence-electron chi connectivity index (χ2n) is 6.40. The predicted molar refractivity (Wildman–Crippen MR) is 107 cm³/mol. The van der Waals surface area contributed by atoms with Crippen molar-refractivity contribution in [3.05, 3.63) is 70.1 Å². The van der Waals surface area contributed by atoms with E-state index in [1.54, 1.807) is 6.08 Å². The average molecular weight is 367 g/mol. The fraction of sp³-hybridized carbons (Fsp3) is 0.200. The van der Waals surface area contributed by atoms with E-state index in [2.05, 4.69) is 0 Å². The number of carbonyl (C=O) groups is 2. The Labute approximate surface area is 157 Å². The third-order valence-electron chi connectivity index (χ3n) is 4.19. The maximum absolute atomic E-state index is 12.7. The lowest BCUT2D eigenvalue weighted by Gasteiger charge is -2.21. The van der Waals surface area contributed by atoms with Crippen molar-refractivity contribution in [1.29, 1.82) is 0 Å². The van der Waals surface area contributed by atoms with Gasteiger partial charge in [0.2, 0.25) is 0 Å². The molecule has 2 N–H and O–H groups in total. The smallest absolute Gasteiger partial charge is 0.295 e. The van der Waals surface area contributed by atoms with E-state index < -0.39 is 6.17 Å². The summed E-state index contributed by atoms with van der Waals surface area (Å²) < 4.78 is 0. The molecule has 3 rings (SSSR count). The lowest BCUT2D eigenvalue weighted by Crippen LogP contribution is -2.37. The van der Waals surface area contributed by atoms with Crippen molar-refractivity contribution in [2.24, 2.45) is 5.73 Å². The van der Waals surface area contributed by atoms with Crippen LogP contribution >= 0.6 is 11.8 Å². The first-order valence-corrected chi connectivity index (χ1v) is 9.05. The molecule has 2 aromatic carbocycles. The summed E-state index contributed by atoms with van der Waals surface area (Å²) >= 11 is 0.922. The molecule has 0 bridgehead atoms. The van der Waals surface area contributed by atoms with E-state index in [1.165, 1.54) is 0 Å².